The lowest BCUT2D eigenvalue weighted by molar-refractivity contribution is -0.137. The van der Waals surface area contributed by atoms with Crippen molar-refractivity contribution in [3.63, 3.8) is 0 Å². The summed E-state index contributed by atoms with van der Waals surface area (Å²) in [5, 5.41) is 14.8. The van der Waals surface area contributed by atoms with Crippen LogP contribution in [-0.2, 0) is 17.6 Å². The van der Waals surface area contributed by atoms with E-state index in [2.05, 4.69) is 38.8 Å². The average Bonchev–Trinajstić information content (AvgIpc) is 3.37. The zero-order chi connectivity index (χ0) is 23.8. The van der Waals surface area contributed by atoms with Crippen molar-refractivity contribution in [2.45, 2.75) is 51.4 Å². The molecule has 0 saturated carbocycles. The lowest BCUT2D eigenvalue weighted by Gasteiger charge is -2.39. The van der Waals surface area contributed by atoms with Gasteiger partial charge in [-0.15, -0.1) is 0 Å². The average molecular weight is 481 g/mol. The summed E-state index contributed by atoms with van der Waals surface area (Å²) in [5.74, 6) is 1.27. The molecule has 4 rings (SSSR count). The fourth-order valence-corrected chi connectivity index (χ4v) is 6.10. The third-order valence-corrected chi connectivity index (χ3v) is 8.02. The van der Waals surface area contributed by atoms with Crippen LogP contribution in [0.15, 0.2) is 47.3 Å². The summed E-state index contributed by atoms with van der Waals surface area (Å²) in [5.41, 5.74) is 3.76. The van der Waals surface area contributed by atoms with Crippen LogP contribution in [0.3, 0.4) is 0 Å². The molecule has 1 aliphatic rings. The van der Waals surface area contributed by atoms with Crippen molar-refractivity contribution in [3.8, 4) is 5.75 Å². The lowest BCUT2D eigenvalue weighted by Crippen LogP contribution is -2.41. The molecule has 1 saturated heterocycles. The van der Waals surface area contributed by atoms with Crippen LogP contribution >= 0.6 is 11.3 Å². The van der Waals surface area contributed by atoms with Crippen LogP contribution in [0, 0.1) is 11.8 Å². The maximum Gasteiger partial charge on any atom is 0.303 e. The van der Waals surface area contributed by atoms with Crippen molar-refractivity contribution >= 4 is 28.2 Å². The van der Waals surface area contributed by atoms with E-state index in [1.165, 1.54) is 29.4 Å². The number of carbonyl (C=O) groups is 1. The highest BCUT2D eigenvalue weighted by atomic mass is 32.1. The molecule has 0 unspecified atom stereocenters. The van der Waals surface area contributed by atoms with Gasteiger partial charge in [-0.05, 0) is 122 Å². The quantitative estimate of drug-likeness (QED) is 0.341. The number of benzene rings is 1. The van der Waals surface area contributed by atoms with Gasteiger partial charge in [0.2, 0.25) is 0 Å². The third kappa shape index (κ3) is 6.80. The fourth-order valence-electron chi connectivity index (χ4n) is 5.40. The Hall–Kier alpha value is -2.44. The molecule has 0 bridgehead atoms. The second kappa shape index (κ2) is 12.3. The van der Waals surface area contributed by atoms with E-state index in [9.17, 15) is 9.90 Å². The van der Waals surface area contributed by atoms with Gasteiger partial charge in [0, 0.05) is 24.5 Å². The summed E-state index contributed by atoms with van der Waals surface area (Å²) < 4.78 is 5.42. The standard InChI is InChI=1S/C28H36N2O3S/c1-33-25-8-9-27-26(18-25)23(11-14-29-27)6-2-5-22-12-16-30(19-24(22)7-10-28(31)32)15-3-4-21-13-17-34-20-21/h8-9,11,13-14,17-18,20,22,24H,2-7,10,12,15-16,19H2,1H3,(H,31,32)/t22-,24+/m1/s1. The van der Waals surface area contributed by atoms with Gasteiger partial charge in [-0.3, -0.25) is 9.78 Å². The summed E-state index contributed by atoms with van der Waals surface area (Å²) in [7, 11) is 1.70. The first-order chi connectivity index (χ1) is 16.6. The maximum absolute atomic E-state index is 11.3. The van der Waals surface area contributed by atoms with Gasteiger partial charge in [-0.1, -0.05) is 0 Å². The Morgan fingerprint density at radius 1 is 1.18 bits per heavy atom. The molecule has 1 aromatic carbocycles. The fraction of sp³-hybridized carbons (Fsp3) is 0.500. The number of hydrogen-bond acceptors (Lipinski definition) is 5. The first-order valence-electron chi connectivity index (χ1n) is 12.5. The number of carboxylic acids is 1. The smallest absolute Gasteiger partial charge is 0.303 e. The van der Waals surface area contributed by atoms with E-state index in [1.807, 2.05) is 18.3 Å². The van der Waals surface area contributed by atoms with Crippen molar-refractivity contribution in [1.29, 1.82) is 0 Å². The van der Waals surface area contributed by atoms with E-state index in [-0.39, 0.29) is 6.42 Å². The van der Waals surface area contributed by atoms with Gasteiger partial charge < -0.3 is 14.7 Å². The predicted octanol–water partition coefficient (Wildman–Crippen LogP) is 6.06. The van der Waals surface area contributed by atoms with Gasteiger partial charge in [-0.2, -0.15) is 11.3 Å². The number of aromatic nitrogens is 1. The first kappa shape index (κ1) is 24.7. The van der Waals surface area contributed by atoms with E-state index in [4.69, 9.17) is 4.74 Å². The number of thiophene rings is 1. The molecule has 5 nitrogen and oxygen atoms in total. The summed E-state index contributed by atoms with van der Waals surface area (Å²) >= 11 is 1.76. The highest BCUT2D eigenvalue weighted by Gasteiger charge is 2.29. The number of aliphatic carboxylic acids is 1. The lowest BCUT2D eigenvalue weighted by atomic mass is 9.79. The van der Waals surface area contributed by atoms with E-state index in [1.54, 1.807) is 18.4 Å². The first-order valence-corrected chi connectivity index (χ1v) is 13.4. The van der Waals surface area contributed by atoms with Crippen LogP contribution < -0.4 is 4.74 Å². The van der Waals surface area contributed by atoms with Gasteiger partial charge in [0.05, 0.1) is 12.6 Å². The summed E-state index contributed by atoms with van der Waals surface area (Å²) in [6.45, 7) is 3.28. The molecule has 6 heteroatoms. The normalized spacial score (nSPS) is 18.9. The predicted molar refractivity (Wildman–Crippen MR) is 139 cm³/mol. The summed E-state index contributed by atoms with van der Waals surface area (Å²) in [4.78, 5) is 18.3. The van der Waals surface area contributed by atoms with Gasteiger partial charge in [0.1, 0.15) is 5.75 Å². The number of piperidine rings is 1. The third-order valence-electron chi connectivity index (χ3n) is 7.28. The molecule has 1 aliphatic heterocycles. The Kier molecular flexibility index (Phi) is 8.94. The van der Waals surface area contributed by atoms with Crippen LogP contribution in [0.2, 0.25) is 0 Å². The number of methoxy groups -OCH3 is 1. The number of likely N-dealkylation sites (tertiary alicyclic amines) is 1. The molecule has 3 heterocycles. The molecule has 1 fully saturated rings. The van der Waals surface area contributed by atoms with Gasteiger partial charge in [-0.25, -0.2) is 0 Å². The number of nitrogens with zero attached hydrogens (tertiary/aromatic N) is 2. The van der Waals surface area contributed by atoms with E-state index in [0.717, 1.165) is 63.0 Å². The number of pyridine rings is 1. The van der Waals surface area contributed by atoms with Gasteiger partial charge >= 0.3 is 5.97 Å². The zero-order valence-electron chi connectivity index (χ0n) is 20.1. The maximum atomic E-state index is 11.3. The Labute approximate surface area is 206 Å². The minimum Gasteiger partial charge on any atom is -0.497 e. The minimum atomic E-state index is -0.675. The highest BCUT2D eigenvalue weighted by molar-refractivity contribution is 7.07. The Bertz CT molecular complexity index is 1050. The number of fused-ring (bicyclic) bond motifs is 1. The Balaban J connectivity index is 1.32. The molecule has 0 radical (unpaired) electrons. The molecule has 1 N–H and O–H groups in total. The van der Waals surface area contributed by atoms with E-state index >= 15 is 0 Å². The van der Waals surface area contributed by atoms with Gasteiger partial charge in [0.25, 0.3) is 0 Å². The van der Waals surface area contributed by atoms with E-state index in [0.29, 0.717) is 11.8 Å². The van der Waals surface area contributed by atoms with Crippen molar-refractivity contribution < 1.29 is 14.6 Å². The highest BCUT2D eigenvalue weighted by Crippen LogP contribution is 2.32. The molecule has 34 heavy (non-hydrogen) atoms. The second-order valence-electron chi connectivity index (χ2n) is 9.52. The van der Waals surface area contributed by atoms with Crippen molar-refractivity contribution in [3.05, 3.63) is 58.4 Å². The van der Waals surface area contributed by atoms with Crippen molar-refractivity contribution in [2.24, 2.45) is 11.8 Å². The number of rotatable bonds is 12. The Morgan fingerprint density at radius 3 is 2.88 bits per heavy atom. The molecular formula is C28H36N2O3S. The largest absolute Gasteiger partial charge is 0.497 e. The summed E-state index contributed by atoms with van der Waals surface area (Å²) in [6, 6.07) is 10.4. The number of ether oxygens (including phenoxy) is 1. The molecule has 3 aromatic rings. The van der Waals surface area contributed by atoms with Crippen LogP contribution in [-0.4, -0.2) is 47.7 Å². The van der Waals surface area contributed by atoms with Crippen molar-refractivity contribution in [1.82, 2.24) is 9.88 Å². The molecule has 2 atom stereocenters. The van der Waals surface area contributed by atoms with Crippen LogP contribution in [0.25, 0.3) is 10.9 Å². The van der Waals surface area contributed by atoms with E-state index < -0.39 is 5.97 Å². The van der Waals surface area contributed by atoms with Crippen LogP contribution in [0.1, 0.15) is 49.7 Å². The summed E-state index contributed by atoms with van der Waals surface area (Å²) in [6.07, 6.45) is 9.72. The zero-order valence-corrected chi connectivity index (χ0v) is 20.9. The Morgan fingerprint density at radius 2 is 2.09 bits per heavy atom. The van der Waals surface area contributed by atoms with Crippen LogP contribution in [0.5, 0.6) is 5.75 Å². The number of carboxylic acid groups (broad SMARTS) is 1. The SMILES string of the molecule is COc1ccc2nccc(CCC[C@@H]3CCN(CCCc4ccsc4)C[C@@H]3CCC(=O)O)c2c1. The molecule has 0 aliphatic carbocycles. The monoisotopic (exact) mass is 480 g/mol. The van der Waals surface area contributed by atoms with Crippen LogP contribution in [0.4, 0.5) is 0 Å². The molecule has 0 amide bonds. The molecule has 182 valence electrons. The van der Waals surface area contributed by atoms with Gasteiger partial charge in [0.15, 0.2) is 0 Å². The topological polar surface area (TPSA) is 62.7 Å². The van der Waals surface area contributed by atoms with Crippen molar-refractivity contribution in [2.75, 3.05) is 26.7 Å². The minimum absolute atomic E-state index is 0.276. The number of aryl methyl sites for hydroxylation is 2. The molecular weight excluding hydrogens is 444 g/mol. The second-order valence-corrected chi connectivity index (χ2v) is 10.3. The molecule has 0 spiro atoms. The number of hydrogen-bond donors (Lipinski definition) is 1. The molecule has 2 aromatic heterocycles.